The summed E-state index contributed by atoms with van der Waals surface area (Å²) < 4.78 is 50.4. The van der Waals surface area contributed by atoms with Crippen LogP contribution in [0.4, 0.5) is 22.4 Å². The highest BCUT2D eigenvalue weighted by Crippen LogP contribution is 2.34. The Labute approximate surface area is 103 Å². The van der Waals surface area contributed by atoms with Gasteiger partial charge in [0.2, 0.25) is 0 Å². The fourth-order valence-corrected chi connectivity index (χ4v) is 1.29. The Morgan fingerprint density at radius 2 is 2.06 bits per heavy atom. The number of urea groups is 1. The van der Waals surface area contributed by atoms with Gasteiger partial charge in [0.25, 0.3) is 0 Å². The molecule has 0 aliphatic heterocycles. The molecule has 0 unspecified atom stereocenters. The molecule has 4 nitrogen and oxygen atoms in total. The Kier molecular flexibility index (Phi) is 4.12. The van der Waals surface area contributed by atoms with Crippen molar-refractivity contribution in [1.29, 1.82) is 0 Å². The number of primary amides is 1. The number of benzene rings is 1. The lowest BCUT2D eigenvalue weighted by molar-refractivity contribution is -0.140. The second-order valence-electron chi connectivity index (χ2n) is 3.10. The Bertz CT molecular complexity index is 501. The molecular weight excluding hydrogens is 278 g/mol. The third-order valence-corrected chi connectivity index (χ3v) is 2.02. The van der Waals surface area contributed by atoms with Crippen molar-refractivity contribution >= 4 is 23.8 Å². The number of carbonyl (C=O) groups excluding carboxylic acids is 1. The van der Waals surface area contributed by atoms with E-state index in [2.05, 4.69) is 10.8 Å². The van der Waals surface area contributed by atoms with Gasteiger partial charge in [-0.05, 0) is 17.7 Å². The van der Waals surface area contributed by atoms with Crippen LogP contribution in [0.25, 0.3) is 0 Å². The number of rotatable bonds is 2. The van der Waals surface area contributed by atoms with E-state index in [-0.39, 0.29) is 5.56 Å². The van der Waals surface area contributed by atoms with Crippen LogP contribution in [0.1, 0.15) is 11.1 Å². The minimum Gasteiger partial charge on any atom is -0.350 e. The summed E-state index contributed by atoms with van der Waals surface area (Å²) in [5, 5.41) is 2.53. The highest BCUT2D eigenvalue weighted by atomic mass is 35.5. The lowest BCUT2D eigenvalue weighted by Gasteiger charge is -2.09. The van der Waals surface area contributed by atoms with Crippen molar-refractivity contribution < 1.29 is 22.4 Å². The number of nitrogens with one attached hydrogen (secondary N) is 1. The number of hydrazone groups is 1. The van der Waals surface area contributed by atoms with Crippen molar-refractivity contribution in [3.05, 3.63) is 34.1 Å². The van der Waals surface area contributed by atoms with Gasteiger partial charge in [0.1, 0.15) is 0 Å². The first-order valence-electron chi connectivity index (χ1n) is 4.36. The molecule has 0 saturated heterocycles. The van der Waals surface area contributed by atoms with E-state index in [1.807, 2.05) is 0 Å². The molecule has 0 spiro atoms. The maximum absolute atomic E-state index is 13.1. The average Bonchev–Trinajstić information content (AvgIpc) is 2.20. The minimum absolute atomic E-state index is 0.137. The van der Waals surface area contributed by atoms with Crippen LogP contribution < -0.4 is 11.2 Å². The second kappa shape index (κ2) is 5.21. The molecule has 0 fully saturated rings. The number of alkyl halides is 3. The van der Waals surface area contributed by atoms with Crippen molar-refractivity contribution in [2.45, 2.75) is 6.18 Å². The third kappa shape index (κ3) is 3.59. The van der Waals surface area contributed by atoms with Crippen LogP contribution in [0.5, 0.6) is 0 Å². The van der Waals surface area contributed by atoms with E-state index < -0.39 is 28.6 Å². The van der Waals surface area contributed by atoms with Crippen molar-refractivity contribution in [2.75, 3.05) is 0 Å². The quantitative estimate of drug-likeness (QED) is 0.489. The summed E-state index contributed by atoms with van der Waals surface area (Å²) in [5.41, 5.74) is 4.80. The van der Waals surface area contributed by atoms with Crippen LogP contribution >= 0.6 is 11.6 Å². The third-order valence-electron chi connectivity index (χ3n) is 1.74. The Morgan fingerprint density at radius 3 is 2.56 bits per heavy atom. The van der Waals surface area contributed by atoms with Gasteiger partial charge in [-0.3, -0.25) is 0 Å². The molecule has 18 heavy (non-hydrogen) atoms. The summed E-state index contributed by atoms with van der Waals surface area (Å²) in [6, 6.07) is 0.446. The summed E-state index contributed by atoms with van der Waals surface area (Å²) in [6.07, 6.45) is -4.03. The largest absolute Gasteiger partial charge is 0.419 e. The maximum Gasteiger partial charge on any atom is 0.419 e. The molecule has 0 bridgehead atoms. The zero-order chi connectivity index (χ0) is 13.9. The molecule has 3 N–H and O–H groups in total. The number of nitrogens with two attached hydrogens (primary N) is 1. The number of hydrogen-bond donors (Lipinski definition) is 2. The fraction of sp³-hybridized carbons (Fsp3) is 0.111. The molecule has 0 atom stereocenters. The van der Waals surface area contributed by atoms with Gasteiger partial charge >= 0.3 is 12.2 Å². The van der Waals surface area contributed by atoms with Gasteiger partial charge in [0.05, 0.1) is 16.8 Å². The molecule has 0 radical (unpaired) electrons. The molecular formula is C9H6ClF4N3O. The summed E-state index contributed by atoms with van der Waals surface area (Å²) >= 11 is 5.32. The molecule has 1 aromatic carbocycles. The van der Waals surface area contributed by atoms with Gasteiger partial charge in [-0.2, -0.15) is 18.3 Å². The summed E-state index contributed by atoms with van der Waals surface area (Å²) in [4.78, 5) is 10.3. The number of amides is 2. The number of hydrogen-bond acceptors (Lipinski definition) is 2. The zero-order valence-electron chi connectivity index (χ0n) is 8.55. The SMILES string of the molecule is NC(=O)NN=Cc1cc(Cl)c(F)c(C(F)(F)F)c1. The van der Waals surface area contributed by atoms with E-state index in [0.29, 0.717) is 6.07 Å². The predicted molar refractivity (Wildman–Crippen MR) is 56.7 cm³/mol. The second-order valence-corrected chi connectivity index (χ2v) is 3.50. The van der Waals surface area contributed by atoms with Gasteiger partial charge in [0.15, 0.2) is 5.82 Å². The van der Waals surface area contributed by atoms with E-state index in [1.54, 1.807) is 5.43 Å². The van der Waals surface area contributed by atoms with Crippen LogP contribution in [0.2, 0.25) is 5.02 Å². The standard InChI is InChI=1S/C9H6ClF4N3O/c10-6-2-4(3-16-17-8(15)18)1-5(7(6)11)9(12,13)14/h1-3H,(H3,15,17,18). The van der Waals surface area contributed by atoms with Crippen molar-refractivity contribution in [2.24, 2.45) is 10.8 Å². The number of carbonyl (C=O) groups is 1. The van der Waals surface area contributed by atoms with Crippen molar-refractivity contribution in [3.63, 3.8) is 0 Å². The smallest absolute Gasteiger partial charge is 0.350 e. The highest BCUT2D eigenvalue weighted by Gasteiger charge is 2.35. The Morgan fingerprint density at radius 1 is 1.44 bits per heavy atom. The van der Waals surface area contributed by atoms with Gasteiger partial charge in [0, 0.05) is 0 Å². The first-order chi connectivity index (χ1) is 8.21. The Hall–Kier alpha value is -1.83. The summed E-state index contributed by atoms with van der Waals surface area (Å²) in [6.45, 7) is 0. The van der Waals surface area contributed by atoms with Gasteiger partial charge in [-0.15, -0.1) is 0 Å². The van der Waals surface area contributed by atoms with Gasteiger partial charge < -0.3 is 5.73 Å². The molecule has 1 rings (SSSR count). The lowest BCUT2D eigenvalue weighted by atomic mass is 10.1. The van der Waals surface area contributed by atoms with Crippen LogP contribution in [0.15, 0.2) is 17.2 Å². The molecule has 1 aromatic rings. The summed E-state index contributed by atoms with van der Waals surface area (Å²) in [5.74, 6) is -1.57. The van der Waals surface area contributed by atoms with E-state index in [0.717, 1.165) is 12.3 Å². The topological polar surface area (TPSA) is 67.5 Å². The molecule has 0 aromatic heterocycles. The van der Waals surface area contributed by atoms with Gasteiger partial charge in [-0.25, -0.2) is 14.6 Å². The predicted octanol–water partition coefficient (Wildman–Crippen LogP) is 2.50. The van der Waals surface area contributed by atoms with E-state index in [1.165, 1.54) is 0 Å². The Balaban J connectivity index is 3.13. The number of halogens is 5. The van der Waals surface area contributed by atoms with Crippen LogP contribution in [-0.2, 0) is 6.18 Å². The van der Waals surface area contributed by atoms with Crippen LogP contribution in [0.3, 0.4) is 0 Å². The maximum atomic E-state index is 13.1. The minimum atomic E-state index is -4.88. The number of nitrogens with zero attached hydrogens (tertiary/aromatic N) is 1. The molecule has 2 amide bonds. The first kappa shape index (κ1) is 14.2. The van der Waals surface area contributed by atoms with Gasteiger partial charge in [-0.1, -0.05) is 11.6 Å². The normalized spacial score (nSPS) is 11.8. The molecule has 9 heteroatoms. The van der Waals surface area contributed by atoms with Crippen molar-refractivity contribution in [1.82, 2.24) is 5.43 Å². The van der Waals surface area contributed by atoms with E-state index in [4.69, 9.17) is 11.6 Å². The van der Waals surface area contributed by atoms with Crippen molar-refractivity contribution in [3.8, 4) is 0 Å². The molecule has 0 heterocycles. The summed E-state index contributed by atoms with van der Waals surface area (Å²) in [7, 11) is 0. The van der Waals surface area contributed by atoms with Crippen LogP contribution in [0, 0.1) is 5.82 Å². The molecule has 98 valence electrons. The first-order valence-corrected chi connectivity index (χ1v) is 4.74. The molecule has 0 saturated carbocycles. The van der Waals surface area contributed by atoms with E-state index in [9.17, 15) is 22.4 Å². The highest BCUT2D eigenvalue weighted by molar-refractivity contribution is 6.31. The van der Waals surface area contributed by atoms with Crippen LogP contribution in [-0.4, -0.2) is 12.2 Å². The molecule has 0 aliphatic rings. The fourth-order valence-electron chi connectivity index (χ4n) is 1.06. The van der Waals surface area contributed by atoms with E-state index >= 15 is 0 Å². The monoisotopic (exact) mass is 283 g/mol. The zero-order valence-corrected chi connectivity index (χ0v) is 9.31. The molecule has 0 aliphatic carbocycles. The average molecular weight is 284 g/mol. The lowest BCUT2D eigenvalue weighted by Crippen LogP contribution is -2.24.